The number of rotatable bonds is 1. The third-order valence-electron chi connectivity index (χ3n) is 7.05. The highest BCUT2D eigenvalue weighted by Crippen LogP contribution is 2.61. The first kappa shape index (κ1) is 15.4. The highest BCUT2D eigenvalue weighted by atomic mass is 16.3. The van der Waals surface area contributed by atoms with E-state index >= 15 is 0 Å². The molecule has 1 aromatic rings. The molecule has 0 heterocycles. The van der Waals surface area contributed by atoms with Gasteiger partial charge in [0.05, 0.1) is 12.2 Å². The minimum Gasteiger partial charge on any atom is -0.508 e. The molecule has 0 bridgehead atoms. The van der Waals surface area contributed by atoms with E-state index in [1.165, 1.54) is 11.1 Å². The Morgan fingerprint density at radius 3 is 2.78 bits per heavy atom. The first-order chi connectivity index (χ1) is 11.0. The zero-order valence-corrected chi connectivity index (χ0v) is 13.5. The van der Waals surface area contributed by atoms with Crippen molar-refractivity contribution >= 4 is 0 Å². The van der Waals surface area contributed by atoms with Crippen LogP contribution in [0.3, 0.4) is 0 Å². The van der Waals surface area contributed by atoms with E-state index in [1.54, 1.807) is 6.07 Å². The predicted molar refractivity (Wildman–Crippen MR) is 84.5 cm³/mol. The van der Waals surface area contributed by atoms with Crippen molar-refractivity contribution in [1.29, 1.82) is 0 Å². The largest absolute Gasteiger partial charge is 0.508 e. The molecule has 0 amide bonds. The number of phenolic OH excluding ortho intramolecular Hbond substituents is 1. The molecule has 4 nitrogen and oxygen atoms in total. The summed E-state index contributed by atoms with van der Waals surface area (Å²) in [6.45, 7) is 1.74. The van der Waals surface area contributed by atoms with Crippen LogP contribution in [0.25, 0.3) is 0 Å². The lowest BCUT2D eigenvalue weighted by Crippen LogP contribution is -2.44. The fourth-order valence-corrected chi connectivity index (χ4v) is 5.76. The Bertz CT molecular complexity index is 628. The molecule has 0 aliphatic heterocycles. The topological polar surface area (TPSA) is 80.6 Å². The molecule has 6 atom stereocenters. The van der Waals surface area contributed by atoms with Crippen LogP contribution in [0, 0.1) is 17.3 Å². The van der Waals surface area contributed by atoms with E-state index in [-0.39, 0.29) is 11.2 Å². The second-order valence-electron chi connectivity index (χ2n) is 8.03. The normalized spacial score (nSPS) is 42.0. The minimum atomic E-state index is -0.619. The number of aryl methyl sites for hydroxylation is 1. The van der Waals surface area contributed by atoms with Crippen LogP contribution < -0.4 is 0 Å². The quantitative estimate of drug-likeness (QED) is 0.744. The second-order valence-corrected chi connectivity index (χ2v) is 8.03. The Morgan fingerprint density at radius 2 is 2.04 bits per heavy atom. The number of aliphatic hydroxyl groups is 2. The molecular formula is C19H25O4. The lowest BCUT2D eigenvalue weighted by atomic mass is 9.55. The summed E-state index contributed by atoms with van der Waals surface area (Å²) < 4.78 is 0. The number of aliphatic hydroxyl groups excluding tert-OH is 2. The Balaban J connectivity index is 1.72. The third kappa shape index (κ3) is 2.08. The molecular weight excluding hydrogens is 292 g/mol. The van der Waals surface area contributed by atoms with Gasteiger partial charge in [0.1, 0.15) is 12.4 Å². The molecule has 2 fully saturated rings. The van der Waals surface area contributed by atoms with Gasteiger partial charge in [0.15, 0.2) is 0 Å². The van der Waals surface area contributed by atoms with E-state index < -0.39 is 18.8 Å². The molecule has 4 unspecified atom stereocenters. The molecule has 0 spiro atoms. The molecule has 1 aromatic carbocycles. The maximum atomic E-state index is 11.3. The van der Waals surface area contributed by atoms with Gasteiger partial charge in [0, 0.05) is 5.56 Å². The van der Waals surface area contributed by atoms with Crippen molar-refractivity contribution in [3.8, 4) is 5.75 Å². The number of benzene rings is 1. The van der Waals surface area contributed by atoms with Crippen LogP contribution in [0.4, 0.5) is 0 Å². The highest BCUT2D eigenvalue weighted by Gasteiger charge is 2.57. The monoisotopic (exact) mass is 317 g/mol. The number of hydrogen-bond donors (Lipinski definition) is 3. The number of fused-ring (bicyclic) bond motifs is 5. The molecule has 0 aromatic heterocycles. The van der Waals surface area contributed by atoms with Crippen molar-refractivity contribution in [2.45, 2.75) is 63.8 Å². The van der Waals surface area contributed by atoms with Gasteiger partial charge in [-0.25, -0.2) is 5.11 Å². The Kier molecular flexibility index (Phi) is 3.49. The maximum Gasteiger partial charge on any atom is 0.121 e. The van der Waals surface area contributed by atoms with Crippen LogP contribution >= 0.6 is 0 Å². The van der Waals surface area contributed by atoms with E-state index in [2.05, 4.69) is 6.92 Å². The van der Waals surface area contributed by atoms with Crippen LogP contribution in [0.5, 0.6) is 5.75 Å². The number of aromatic hydroxyl groups is 1. The molecule has 3 aliphatic rings. The first-order valence-electron chi connectivity index (χ1n) is 8.74. The molecule has 3 N–H and O–H groups in total. The molecule has 0 saturated heterocycles. The molecule has 23 heavy (non-hydrogen) atoms. The second kappa shape index (κ2) is 5.20. The van der Waals surface area contributed by atoms with Crippen molar-refractivity contribution in [3.63, 3.8) is 0 Å². The lowest BCUT2D eigenvalue weighted by Gasteiger charge is -2.50. The molecule has 125 valence electrons. The van der Waals surface area contributed by atoms with E-state index in [4.69, 9.17) is 0 Å². The summed E-state index contributed by atoms with van der Waals surface area (Å²) in [6.07, 6.45) is 3.28. The SMILES string of the molecule is C[C@]12CCC3c4cc(C[O])c(O)cc4CCC3C1CC(O)[C@@H]2O. The van der Waals surface area contributed by atoms with Crippen molar-refractivity contribution < 1.29 is 20.4 Å². The minimum absolute atomic E-state index is 0.129. The predicted octanol–water partition coefficient (Wildman–Crippen LogP) is 2.51. The van der Waals surface area contributed by atoms with Crippen molar-refractivity contribution in [1.82, 2.24) is 0 Å². The van der Waals surface area contributed by atoms with Crippen molar-refractivity contribution in [3.05, 3.63) is 28.8 Å². The smallest absolute Gasteiger partial charge is 0.121 e. The van der Waals surface area contributed by atoms with Crippen molar-refractivity contribution in [2.24, 2.45) is 17.3 Å². The summed E-state index contributed by atoms with van der Waals surface area (Å²) in [7, 11) is 0. The molecule has 3 aliphatic carbocycles. The van der Waals surface area contributed by atoms with Gasteiger partial charge in [0.25, 0.3) is 0 Å². The van der Waals surface area contributed by atoms with Crippen LogP contribution in [0.2, 0.25) is 0 Å². The number of hydrogen-bond acceptors (Lipinski definition) is 3. The fourth-order valence-electron chi connectivity index (χ4n) is 5.76. The zero-order valence-electron chi connectivity index (χ0n) is 13.5. The average molecular weight is 317 g/mol. The zero-order chi connectivity index (χ0) is 16.4. The van der Waals surface area contributed by atoms with Gasteiger partial charge in [-0.1, -0.05) is 6.92 Å². The van der Waals surface area contributed by atoms with Gasteiger partial charge in [0.2, 0.25) is 0 Å². The molecule has 4 rings (SSSR count). The standard InChI is InChI=1S/C19H25O4/c1-19-5-4-12-13(15(19)8-17(22)18(19)23)3-2-10-7-16(21)11(9-20)6-14(10)12/h6-7,12-13,15,17-18,21-23H,2-5,8-9H2,1H3/t12?,13?,15?,17?,18-,19-/m0/s1. The average Bonchev–Trinajstić information content (AvgIpc) is 2.77. The van der Waals surface area contributed by atoms with E-state index in [9.17, 15) is 20.4 Å². The summed E-state index contributed by atoms with van der Waals surface area (Å²) in [4.78, 5) is 0. The van der Waals surface area contributed by atoms with Crippen LogP contribution in [0.15, 0.2) is 12.1 Å². The summed E-state index contributed by atoms with van der Waals surface area (Å²) in [5.41, 5.74) is 2.70. The summed E-state index contributed by atoms with van der Waals surface area (Å²) >= 11 is 0. The van der Waals surface area contributed by atoms with E-state index in [0.717, 1.165) is 25.7 Å². The van der Waals surface area contributed by atoms with Crippen LogP contribution in [-0.2, 0) is 18.1 Å². The molecule has 2 saturated carbocycles. The molecule has 4 heteroatoms. The van der Waals surface area contributed by atoms with Gasteiger partial charge in [-0.05, 0) is 78.5 Å². The van der Waals surface area contributed by atoms with Crippen molar-refractivity contribution in [2.75, 3.05) is 0 Å². The van der Waals surface area contributed by atoms with E-state index in [0.29, 0.717) is 29.7 Å². The first-order valence-corrected chi connectivity index (χ1v) is 8.74. The Morgan fingerprint density at radius 1 is 1.26 bits per heavy atom. The number of phenols is 1. The lowest BCUT2D eigenvalue weighted by molar-refractivity contribution is -0.0505. The van der Waals surface area contributed by atoms with Gasteiger partial charge < -0.3 is 15.3 Å². The van der Waals surface area contributed by atoms with Gasteiger partial charge >= 0.3 is 0 Å². The summed E-state index contributed by atoms with van der Waals surface area (Å²) in [5, 5.41) is 41.9. The van der Waals surface area contributed by atoms with Crippen LogP contribution in [-0.4, -0.2) is 27.5 Å². The third-order valence-corrected chi connectivity index (χ3v) is 7.05. The van der Waals surface area contributed by atoms with Gasteiger partial charge in [-0.3, -0.25) is 0 Å². The van der Waals surface area contributed by atoms with Gasteiger partial charge in [-0.2, -0.15) is 0 Å². The van der Waals surface area contributed by atoms with Gasteiger partial charge in [-0.15, -0.1) is 0 Å². The maximum absolute atomic E-state index is 11.3. The highest BCUT2D eigenvalue weighted by molar-refractivity contribution is 5.45. The summed E-state index contributed by atoms with van der Waals surface area (Å²) in [5.74, 6) is 1.31. The fraction of sp³-hybridized carbons (Fsp3) is 0.684. The Labute approximate surface area is 136 Å². The Hall–Kier alpha value is -1.10. The van der Waals surface area contributed by atoms with E-state index in [1.807, 2.05) is 6.07 Å². The summed E-state index contributed by atoms with van der Waals surface area (Å²) in [6, 6.07) is 3.70. The molecule has 1 radical (unpaired) electrons. The van der Waals surface area contributed by atoms with Crippen LogP contribution in [0.1, 0.15) is 55.2 Å².